The van der Waals surface area contributed by atoms with Gasteiger partial charge in [-0.1, -0.05) is 0 Å². The first-order chi connectivity index (χ1) is 7.69. The third-order valence-corrected chi connectivity index (χ3v) is 2.68. The van der Waals surface area contributed by atoms with Crippen LogP contribution in [-0.2, 0) is 6.42 Å². The minimum absolute atomic E-state index is 0.760. The first kappa shape index (κ1) is 12.8. The first-order valence-electron chi connectivity index (χ1n) is 5.73. The van der Waals surface area contributed by atoms with Gasteiger partial charge in [-0.05, 0) is 49.6 Å². The summed E-state index contributed by atoms with van der Waals surface area (Å²) in [5, 5.41) is 0. The fourth-order valence-corrected chi connectivity index (χ4v) is 1.70. The molecule has 0 aliphatic heterocycles. The smallest absolute Gasteiger partial charge is 0.122 e. The standard InChI is InChI=1S/C13H22N2O/c1-15(2)12-7-8-13(16-3)11(10-12)6-4-5-9-14/h7-8,10H,4-6,9,14H2,1-3H3. The average Bonchev–Trinajstić information content (AvgIpc) is 2.29. The van der Waals surface area contributed by atoms with E-state index in [0.717, 1.165) is 31.6 Å². The number of benzene rings is 1. The molecule has 2 N–H and O–H groups in total. The number of methoxy groups -OCH3 is 1. The lowest BCUT2D eigenvalue weighted by Crippen LogP contribution is -2.09. The maximum Gasteiger partial charge on any atom is 0.122 e. The lowest BCUT2D eigenvalue weighted by Gasteiger charge is -2.16. The van der Waals surface area contributed by atoms with Crippen molar-refractivity contribution in [3.8, 4) is 5.75 Å². The molecule has 90 valence electrons. The highest BCUT2D eigenvalue weighted by Gasteiger charge is 2.05. The maximum atomic E-state index is 5.50. The molecule has 1 aromatic rings. The summed E-state index contributed by atoms with van der Waals surface area (Å²) in [6, 6.07) is 6.30. The van der Waals surface area contributed by atoms with Gasteiger partial charge in [-0.3, -0.25) is 0 Å². The minimum atomic E-state index is 0.760. The van der Waals surface area contributed by atoms with E-state index in [9.17, 15) is 0 Å². The zero-order chi connectivity index (χ0) is 12.0. The van der Waals surface area contributed by atoms with Crippen LogP contribution in [0.1, 0.15) is 18.4 Å². The fourth-order valence-electron chi connectivity index (χ4n) is 1.70. The normalized spacial score (nSPS) is 10.2. The van der Waals surface area contributed by atoms with E-state index >= 15 is 0 Å². The van der Waals surface area contributed by atoms with Gasteiger partial charge in [0.1, 0.15) is 5.75 Å². The van der Waals surface area contributed by atoms with Crippen LogP contribution in [0.25, 0.3) is 0 Å². The highest BCUT2D eigenvalue weighted by Crippen LogP contribution is 2.25. The number of hydrogen-bond donors (Lipinski definition) is 1. The second kappa shape index (κ2) is 6.38. The van der Waals surface area contributed by atoms with E-state index < -0.39 is 0 Å². The number of hydrogen-bond acceptors (Lipinski definition) is 3. The SMILES string of the molecule is COc1ccc(N(C)C)cc1CCCCN. The zero-order valence-electron chi connectivity index (χ0n) is 10.5. The topological polar surface area (TPSA) is 38.5 Å². The first-order valence-corrected chi connectivity index (χ1v) is 5.73. The third-order valence-electron chi connectivity index (χ3n) is 2.68. The van der Waals surface area contributed by atoms with Crippen LogP contribution < -0.4 is 15.4 Å². The van der Waals surface area contributed by atoms with Crippen molar-refractivity contribution in [3.63, 3.8) is 0 Å². The summed E-state index contributed by atoms with van der Waals surface area (Å²) in [7, 11) is 5.81. The summed E-state index contributed by atoms with van der Waals surface area (Å²) >= 11 is 0. The number of rotatable bonds is 6. The molecule has 3 nitrogen and oxygen atoms in total. The number of nitrogens with two attached hydrogens (primary N) is 1. The zero-order valence-corrected chi connectivity index (χ0v) is 10.5. The molecule has 0 spiro atoms. The van der Waals surface area contributed by atoms with Crippen LogP contribution in [0.4, 0.5) is 5.69 Å². The quantitative estimate of drug-likeness (QED) is 0.749. The van der Waals surface area contributed by atoms with Gasteiger partial charge in [0, 0.05) is 19.8 Å². The molecule has 0 amide bonds. The van der Waals surface area contributed by atoms with Crippen LogP contribution in [0.15, 0.2) is 18.2 Å². The Balaban J connectivity index is 2.80. The van der Waals surface area contributed by atoms with E-state index in [1.807, 2.05) is 20.2 Å². The molecule has 0 saturated heterocycles. The molecule has 0 aliphatic carbocycles. The van der Waals surface area contributed by atoms with Crippen molar-refractivity contribution in [1.29, 1.82) is 0 Å². The van der Waals surface area contributed by atoms with E-state index in [0.29, 0.717) is 0 Å². The van der Waals surface area contributed by atoms with Gasteiger partial charge >= 0.3 is 0 Å². The molecule has 0 bridgehead atoms. The Labute approximate surface area is 98.2 Å². The van der Waals surface area contributed by atoms with Crippen LogP contribution in [0.5, 0.6) is 5.75 Å². The van der Waals surface area contributed by atoms with Crippen molar-refractivity contribution in [2.45, 2.75) is 19.3 Å². The number of nitrogens with zero attached hydrogens (tertiary/aromatic N) is 1. The molecule has 0 saturated carbocycles. The summed E-state index contributed by atoms with van der Waals surface area (Å²) in [6.07, 6.45) is 3.21. The molecular weight excluding hydrogens is 200 g/mol. The molecule has 16 heavy (non-hydrogen) atoms. The highest BCUT2D eigenvalue weighted by molar-refractivity contribution is 5.52. The van der Waals surface area contributed by atoms with E-state index in [-0.39, 0.29) is 0 Å². The Hall–Kier alpha value is -1.22. The van der Waals surface area contributed by atoms with E-state index in [1.54, 1.807) is 7.11 Å². The summed E-state index contributed by atoms with van der Waals surface area (Å²) in [4.78, 5) is 2.10. The molecule has 0 atom stereocenters. The number of ether oxygens (including phenoxy) is 1. The van der Waals surface area contributed by atoms with Crippen LogP contribution >= 0.6 is 0 Å². The molecule has 0 unspecified atom stereocenters. The molecule has 3 heteroatoms. The van der Waals surface area contributed by atoms with Crippen LogP contribution in [0, 0.1) is 0 Å². The minimum Gasteiger partial charge on any atom is -0.496 e. The Morgan fingerprint density at radius 1 is 1.25 bits per heavy atom. The van der Waals surface area contributed by atoms with E-state index in [2.05, 4.69) is 17.0 Å². The van der Waals surface area contributed by atoms with E-state index in [4.69, 9.17) is 10.5 Å². The van der Waals surface area contributed by atoms with Gasteiger partial charge < -0.3 is 15.4 Å². The molecule has 0 aromatic heterocycles. The lowest BCUT2D eigenvalue weighted by molar-refractivity contribution is 0.409. The lowest BCUT2D eigenvalue weighted by atomic mass is 10.1. The monoisotopic (exact) mass is 222 g/mol. The predicted octanol–water partition coefficient (Wildman–Crippen LogP) is 2.04. The summed E-state index contributed by atoms with van der Waals surface area (Å²) in [6.45, 7) is 0.760. The van der Waals surface area contributed by atoms with Crippen molar-refractivity contribution in [2.75, 3.05) is 32.6 Å². The molecule has 1 rings (SSSR count). The summed E-state index contributed by atoms with van der Waals surface area (Å²) < 4.78 is 5.36. The Bertz CT molecular complexity index is 324. The van der Waals surface area contributed by atoms with Gasteiger partial charge in [-0.25, -0.2) is 0 Å². The third kappa shape index (κ3) is 3.42. The Kier molecular flexibility index (Phi) is 5.12. The molecule has 0 heterocycles. The number of anilines is 1. The molecule has 0 fully saturated rings. The van der Waals surface area contributed by atoms with Crippen LogP contribution in [0.3, 0.4) is 0 Å². The van der Waals surface area contributed by atoms with E-state index in [1.165, 1.54) is 11.3 Å². The van der Waals surface area contributed by atoms with Crippen molar-refractivity contribution < 1.29 is 4.74 Å². The highest BCUT2D eigenvalue weighted by atomic mass is 16.5. The maximum absolute atomic E-state index is 5.50. The van der Waals surface area contributed by atoms with Crippen LogP contribution in [-0.4, -0.2) is 27.7 Å². The van der Waals surface area contributed by atoms with Gasteiger partial charge in [0.15, 0.2) is 0 Å². The van der Waals surface area contributed by atoms with Gasteiger partial charge in [0.05, 0.1) is 7.11 Å². The Morgan fingerprint density at radius 3 is 2.56 bits per heavy atom. The van der Waals surface area contributed by atoms with Crippen molar-refractivity contribution >= 4 is 5.69 Å². The van der Waals surface area contributed by atoms with Gasteiger partial charge in [0.25, 0.3) is 0 Å². The largest absolute Gasteiger partial charge is 0.496 e. The second-order valence-electron chi connectivity index (χ2n) is 4.14. The van der Waals surface area contributed by atoms with Gasteiger partial charge in [-0.2, -0.15) is 0 Å². The van der Waals surface area contributed by atoms with Gasteiger partial charge in [-0.15, -0.1) is 0 Å². The number of unbranched alkanes of at least 4 members (excludes halogenated alkanes) is 1. The molecule has 0 radical (unpaired) electrons. The summed E-state index contributed by atoms with van der Waals surface area (Å²) in [5.74, 6) is 0.975. The van der Waals surface area contributed by atoms with Gasteiger partial charge in [0.2, 0.25) is 0 Å². The van der Waals surface area contributed by atoms with Crippen molar-refractivity contribution in [2.24, 2.45) is 5.73 Å². The number of aryl methyl sites for hydroxylation is 1. The Morgan fingerprint density at radius 2 is 2.00 bits per heavy atom. The predicted molar refractivity (Wildman–Crippen MR) is 69.3 cm³/mol. The summed E-state index contributed by atoms with van der Waals surface area (Å²) in [5.41, 5.74) is 7.98. The van der Waals surface area contributed by atoms with Crippen molar-refractivity contribution in [1.82, 2.24) is 0 Å². The molecular formula is C13H22N2O. The molecule has 0 aliphatic rings. The molecule has 1 aromatic carbocycles. The van der Waals surface area contributed by atoms with Crippen LogP contribution in [0.2, 0.25) is 0 Å². The van der Waals surface area contributed by atoms with Crippen molar-refractivity contribution in [3.05, 3.63) is 23.8 Å². The fraction of sp³-hybridized carbons (Fsp3) is 0.538. The average molecular weight is 222 g/mol. The second-order valence-corrected chi connectivity index (χ2v) is 4.14.